The maximum atomic E-state index is 5.89. The van der Waals surface area contributed by atoms with E-state index < -0.39 is 0 Å². The lowest BCUT2D eigenvalue weighted by molar-refractivity contribution is 0.343. The van der Waals surface area contributed by atoms with E-state index in [0.29, 0.717) is 11.9 Å². The highest BCUT2D eigenvalue weighted by Gasteiger charge is 2.20. The van der Waals surface area contributed by atoms with Crippen molar-refractivity contribution in [1.29, 1.82) is 0 Å². The van der Waals surface area contributed by atoms with Gasteiger partial charge in [-0.1, -0.05) is 13.0 Å². The van der Waals surface area contributed by atoms with Crippen LogP contribution < -0.4 is 11.1 Å². The van der Waals surface area contributed by atoms with Crippen molar-refractivity contribution in [1.82, 2.24) is 10.2 Å². The molecule has 0 aromatic carbocycles. The molecule has 3 N–H and O–H groups in total. The summed E-state index contributed by atoms with van der Waals surface area (Å²) in [7, 11) is 0. The molecule has 1 aliphatic rings. The molecular weight excluding hydrogens is 383 g/mol. The van der Waals surface area contributed by atoms with Crippen molar-refractivity contribution in [2.75, 3.05) is 32.7 Å². The van der Waals surface area contributed by atoms with Crippen LogP contribution in [0.2, 0.25) is 0 Å². The molecule has 20 heavy (non-hydrogen) atoms. The third kappa shape index (κ3) is 5.97. The van der Waals surface area contributed by atoms with Gasteiger partial charge in [0.25, 0.3) is 0 Å². The van der Waals surface area contributed by atoms with Gasteiger partial charge in [0, 0.05) is 24.5 Å². The molecule has 0 spiro atoms. The van der Waals surface area contributed by atoms with Crippen molar-refractivity contribution in [2.24, 2.45) is 16.6 Å². The van der Waals surface area contributed by atoms with Gasteiger partial charge in [-0.25, -0.2) is 0 Å². The first-order valence-electron chi connectivity index (χ1n) is 7.06. The Morgan fingerprint density at radius 2 is 2.45 bits per heavy atom. The molecule has 4 nitrogen and oxygen atoms in total. The van der Waals surface area contributed by atoms with Crippen molar-refractivity contribution in [3.63, 3.8) is 0 Å². The number of aliphatic imine (C=N–C) groups is 1. The fourth-order valence-electron chi connectivity index (χ4n) is 2.40. The molecule has 6 heteroatoms. The topological polar surface area (TPSA) is 53.6 Å². The molecule has 1 aromatic rings. The molecule has 0 aliphatic carbocycles. The van der Waals surface area contributed by atoms with E-state index in [0.717, 1.165) is 26.1 Å². The summed E-state index contributed by atoms with van der Waals surface area (Å²) < 4.78 is 0. The Bertz CT molecular complexity index is 394. The number of rotatable bonds is 6. The van der Waals surface area contributed by atoms with Crippen LogP contribution in [-0.4, -0.2) is 43.6 Å². The third-order valence-corrected chi connectivity index (χ3v) is 4.53. The number of thiophene rings is 1. The highest BCUT2D eigenvalue weighted by atomic mass is 127. The lowest BCUT2D eigenvalue weighted by atomic mass is 10.1. The maximum Gasteiger partial charge on any atom is 0.188 e. The molecular formula is C14H25IN4S. The molecule has 0 bridgehead atoms. The predicted molar refractivity (Wildman–Crippen MR) is 98.2 cm³/mol. The second-order valence-corrected chi connectivity index (χ2v) is 6.06. The Morgan fingerprint density at radius 1 is 1.60 bits per heavy atom. The van der Waals surface area contributed by atoms with E-state index >= 15 is 0 Å². The largest absolute Gasteiger partial charge is 0.370 e. The Labute approximate surface area is 142 Å². The molecule has 1 unspecified atom stereocenters. The number of nitrogens with one attached hydrogen (secondary N) is 1. The molecule has 2 rings (SSSR count). The van der Waals surface area contributed by atoms with Crippen LogP contribution in [0.4, 0.5) is 0 Å². The zero-order valence-corrected chi connectivity index (χ0v) is 15.2. The van der Waals surface area contributed by atoms with Gasteiger partial charge in [-0.05, 0) is 43.3 Å². The summed E-state index contributed by atoms with van der Waals surface area (Å²) in [6.07, 6.45) is 2.26. The summed E-state index contributed by atoms with van der Waals surface area (Å²) in [5, 5.41) is 5.29. The number of halogens is 1. The van der Waals surface area contributed by atoms with Crippen LogP contribution in [0, 0.1) is 5.92 Å². The van der Waals surface area contributed by atoms with Crippen LogP contribution in [0.1, 0.15) is 18.2 Å². The number of nitrogens with two attached hydrogens (primary N) is 1. The first-order valence-corrected chi connectivity index (χ1v) is 7.94. The Kier molecular flexibility index (Phi) is 8.47. The van der Waals surface area contributed by atoms with Gasteiger partial charge in [-0.2, -0.15) is 0 Å². The third-order valence-electron chi connectivity index (χ3n) is 3.59. The number of guanidine groups is 1. The van der Waals surface area contributed by atoms with Crippen molar-refractivity contribution >= 4 is 41.3 Å². The summed E-state index contributed by atoms with van der Waals surface area (Å²) in [4.78, 5) is 8.31. The molecule has 1 aromatic heterocycles. The molecule has 1 atom stereocenters. The number of hydrogen-bond donors (Lipinski definition) is 2. The zero-order chi connectivity index (χ0) is 13.5. The van der Waals surface area contributed by atoms with E-state index in [2.05, 4.69) is 39.6 Å². The first-order chi connectivity index (χ1) is 9.28. The fraction of sp³-hybridized carbons (Fsp3) is 0.643. The summed E-state index contributed by atoms with van der Waals surface area (Å²) in [6, 6.07) is 4.23. The van der Waals surface area contributed by atoms with Crippen LogP contribution in [0.3, 0.4) is 0 Å². The highest BCUT2D eigenvalue weighted by Crippen LogP contribution is 2.15. The smallest absolute Gasteiger partial charge is 0.188 e. The molecule has 114 valence electrons. The fourth-order valence-corrected chi connectivity index (χ4v) is 3.11. The van der Waals surface area contributed by atoms with Gasteiger partial charge in [0.2, 0.25) is 0 Å². The molecule has 2 heterocycles. The molecule has 1 fully saturated rings. The molecule has 1 aliphatic heterocycles. The predicted octanol–water partition coefficient (Wildman–Crippen LogP) is 2.15. The quantitative estimate of drug-likeness (QED) is 0.431. The number of likely N-dealkylation sites (tertiary alicyclic amines) is 1. The maximum absolute atomic E-state index is 5.89. The summed E-state index contributed by atoms with van der Waals surface area (Å²) in [6.45, 7) is 7.46. The van der Waals surface area contributed by atoms with Crippen LogP contribution in [0.15, 0.2) is 22.5 Å². The van der Waals surface area contributed by atoms with Crippen molar-refractivity contribution in [3.8, 4) is 0 Å². The van der Waals surface area contributed by atoms with Crippen molar-refractivity contribution < 1.29 is 0 Å². The Morgan fingerprint density at radius 3 is 3.10 bits per heavy atom. The van der Waals surface area contributed by atoms with Gasteiger partial charge in [0.05, 0.1) is 0 Å². The van der Waals surface area contributed by atoms with E-state index in [1.807, 2.05) is 0 Å². The second kappa shape index (κ2) is 9.57. The van der Waals surface area contributed by atoms with E-state index in [9.17, 15) is 0 Å². The lowest BCUT2D eigenvalue weighted by Gasteiger charge is -2.12. The van der Waals surface area contributed by atoms with Gasteiger partial charge in [-0.3, -0.25) is 4.99 Å². The lowest BCUT2D eigenvalue weighted by Crippen LogP contribution is -2.33. The molecule has 0 amide bonds. The molecule has 0 saturated carbocycles. The zero-order valence-electron chi connectivity index (χ0n) is 12.0. The number of nitrogens with zero attached hydrogens (tertiary/aromatic N) is 2. The van der Waals surface area contributed by atoms with Crippen LogP contribution >= 0.6 is 35.3 Å². The van der Waals surface area contributed by atoms with Gasteiger partial charge in [0.15, 0.2) is 5.96 Å². The minimum Gasteiger partial charge on any atom is -0.370 e. The van der Waals surface area contributed by atoms with Gasteiger partial charge in [0.1, 0.15) is 0 Å². The SMILES string of the molecule is CCN1CCC(CN=C(N)NCCc2cccs2)C1.I. The number of hydrogen-bond acceptors (Lipinski definition) is 3. The molecule has 0 radical (unpaired) electrons. The van der Waals surface area contributed by atoms with Crippen molar-refractivity contribution in [3.05, 3.63) is 22.4 Å². The van der Waals surface area contributed by atoms with Crippen LogP contribution in [0.5, 0.6) is 0 Å². The van der Waals surface area contributed by atoms with Crippen LogP contribution in [0.25, 0.3) is 0 Å². The standard InChI is InChI=1S/C14H24N4S.HI/c1-2-18-8-6-12(11-18)10-17-14(15)16-7-5-13-4-3-9-19-13;/h3-4,9,12H,2,5-8,10-11H2,1H3,(H3,15,16,17);1H. The van der Waals surface area contributed by atoms with Gasteiger partial charge >= 0.3 is 0 Å². The van der Waals surface area contributed by atoms with Gasteiger partial charge in [-0.15, -0.1) is 35.3 Å². The van der Waals surface area contributed by atoms with E-state index in [1.54, 1.807) is 11.3 Å². The summed E-state index contributed by atoms with van der Waals surface area (Å²) in [5.41, 5.74) is 5.89. The van der Waals surface area contributed by atoms with E-state index in [-0.39, 0.29) is 24.0 Å². The second-order valence-electron chi connectivity index (χ2n) is 5.03. The average molecular weight is 408 g/mol. The summed E-state index contributed by atoms with van der Waals surface area (Å²) >= 11 is 1.78. The minimum absolute atomic E-state index is 0. The minimum atomic E-state index is 0. The first kappa shape index (κ1) is 17.7. The normalized spacial score (nSPS) is 19.9. The average Bonchev–Trinajstić information content (AvgIpc) is 3.07. The monoisotopic (exact) mass is 408 g/mol. The van der Waals surface area contributed by atoms with E-state index in [4.69, 9.17) is 5.73 Å². The van der Waals surface area contributed by atoms with Crippen molar-refractivity contribution in [2.45, 2.75) is 19.8 Å². The van der Waals surface area contributed by atoms with Gasteiger partial charge < -0.3 is 16.0 Å². The Hall–Kier alpha value is -0.340. The Balaban J connectivity index is 0.00000200. The van der Waals surface area contributed by atoms with Crippen LogP contribution in [-0.2, 0) is 6.42 Å². The van der Waals surface area contributed by atoms with E-state index in [1.165, 1.54) is 24.4 Å². The molecule has 1 saturated heterocycles. The highest BCUT2D eigenvalue weighted by molar-refractivity contribution is 14.0. The summed E-state index contributed by atoms with van der Waals surface area (Å²) in [5.74, 6) is 1.27.